The maximum atomic E-state index is 5.44. The van der Waals surface area contributed by atoms with Crippen LogP contribution in [0.25, 0.3) is 0 Å². The van der Waals surface area contributed by atoms with Crippen molar-refractivity contribution in [2.75, 3.05) is 13.3 Å². The van der Waals surface area contributed by atoms with Crippen molar-refractivity contribution in [1.29, 1.82) is 0 Å². The number of ether oxygens (including phenoxy) is 1. The summed E-state index contributed by atoms with van der Waals surface area (Å²) in [4.78, 5) is 0. The standard InChI is InChI=1S/C11H14BrN3O/c1-3-14-8-16-11(15-13-2)9-4-6-10(12)7-5-9/h4-7,14H,2-3,8H2,1H3/b15-11-. The van der Waals surface area contributed by atoms with Gasteiger partial charge in [-0.15, -0.1) is 5.10 Å². The summed E-state index contributed by atoms with van der Waals surface area (Å²) >= 11 is 3.37. The largest absolute Gasteiger partial charge is 0.460 e. The highest BCUT2D eigenvalue weighted by atomic mass is 79.9. The van der Waals surface area contributed by atoms with Gasteiger partial charge in [0.1, 0.15) is 6.73 Å². The van der Waals surface area contributed by atoms with E-state index in [0.717, 1.165) is 16.6 Å². The second-order valence-electron chi connectivity index (χ2n) is 2.95. The van der Waals surface area contributed by atoms with E-state index in [4.69, 9.17) is 4.74 Å². The minimum absolute atomic E-state index is 0.404. The summed E-state index contributed by atoms with van der Waals surface area (Å²) in [5, 5.41) is 10.4. The van der Waals surface area contributed by atoms with Gasteiger partial charge >= 0.3 is 0 Å². The Morgan fingerprint density at radius 1 is 1.44 bits per heavy atom. The monoisotopic (exact) mass is 283 g/mol. The molecule has 1 rings (SSSR count). The molecule has 5 heteroatoms. The molecule has 0 aliphatic carbocycles. The summed E-state index contributed by atoms with van der Waals surface area (Å²) in [7, 11) is 0. The van der Waals surface area contributed by atoms with Gasteiger partial charge in [0.05, 0.1) is 0 Å². The Morgan fingerprint density at radius 2 is 2.12 bits per heavy atom. The summed E-state index contributed by atoms with van der Waals surface area (Å²) in [5.74, 6) is 0.462. The van der Waals surface area contributed by atoms with E-state index in [9.17, 15) is 0 Å². The van der Waals surface area contributed by atoms with Crippen LogP contribution in [0.15, 0.2) is 38.9 Å². The third-order valence-electron chi connectivity index (χ3n) is 1.81. The molecule has 0 bridgehead atoms. The van der Waals surface area contributed by atoms with E-state index in [-0.39, 0.29) is 0 Å². The zero-order valence-electron chi connectivity index (χ0n) is 9.11. The average molecular weight is 284 g/mol. The summed E-state index contributed by atoms with van der Waals surface area (Å²) in [6, 6.07) is 7.65. The zero-order valence-corrected chi connectivity index (χ0v) is 10.7. The van der Waals surface area contributed by atoms with Crippen molar-refractivity contribution < 1.29 is 4.74 Å². The lowest BCUT2D eigenvalue weighted by molar-refractivity contribution is 0.275. The number of nitrogens with one attached hydrogen (secondary N) is 1. The molecule has 4 nitrogen and oxygen atoms in total. The molecule has 0 atom stereocenters. The highest BCUT2D eigenvalue weighted by molar-refractivity contribution is 9.10. The number of rotatable bonds is 5. The quantitative estimate of drug-likeness (QED) is 0.297. The summed E-state index contributed by atoms with van der Waals surface area (Å²) < 4.78 is 6.45. The number of hydrogen-bond acceptors (Lipinski definition) is 4. The minimum atomic E-state index is 0.404. The lowest BCUT2D eigenvalue weighted by Gasteiger charge is -2.08. The SMILES string of the molecule is C=N/N=C(\OCNCC)c1ccc(Br)cc1. The van der Waals surface area contributed by atoms with Gasteiger partial charge in [-0.05, 0) is 30.8 Å². The highest BCUT2D eigenvalue weighted by Gasteiger charge is 2.04. The van der Waals surface area contributed by atoms with Gasteiger partial charge in [-0.25, -0.2) is 0 Å². The van der Waals surface area contributed by atoms with Gasteiger partial charge in [-0.3, -0.25) is 5.32 Å². The van der Waals surface area contributed by atoms with Crippen LogP contribution in [0.3, 0.4) is 0 Å². The molecule has 1 N–H and O–H groups in total. The van der Waals surface area contributed by atoms with Gasteiger partial charge in [0.25, 0.3) is 0 Å². The molecule has 0 aromatic heterocycles. The van der Waals surface area contributed by atoms with Crippen LogP contribution in [0.1, 0.15) is 12.5 Å². The second kappa shape index (κ2) is 7.14. The van der Waals surface area contributed by atoms with Gasteiger partial charge in [-0.1, -0.05) is 22.9 Å². The Balaban J connectivity index is 2.73. The van der Waals surface area contributed by atoms with Crippen molar-refractivity contribution in [3.8, 4) is 0 Å². The molecule has 1 aromatic rings. The first-order chi connectivity index (χ1) is 7.77. The van der Waals surface area contributed by atoms with Crippen molar-refractivity contribution in [1.82, 2.24) is 5.32 Å². The van der Waals surface area contributed by atoms with Crippen LogP contribution in [0.2, 0.25) is 0 Å². The normalized spacial score (nSPS) is 11.2. The Morgan fingerprint density at radius 3 is 2.69 bits per heavy atom. The van der Waals surface area contributed by atoms with E-state index in [0.29, 0.717) is 12.6 Å². The van der Waals surface area contributed by atoms with Crippen LogP contribution >= 0.6 is 15.9 Å². The third-order valence-corrected chi connectivity index (χ3v) is 2.34. The van der Waals surface area contributed by atoms with Crippen molar-refractivity contribution in [3.05, 3.63) is 34.3 Å². The lowest BCUT2D eigenvalue weighted by atomic mass is 10.2. The maximum absolute atomic E-state index is 5.44. The van der Waals surface area contributed by atoms with Gasteiger partial charge in [0, 0.05) is 16.8 Å². The fraction of sp³-hybridized carbons (Fsp3) is 0.273. The molecule has 0 aliphatic heterocycles. The molecule has 0 saturated heterocycles. The molecule has 0 spiro atoms. The maximum Gasteiger partial charge on any atom is 0.241 e. The molecular formula is C11H14BrN3O. The first kappa shape index (κ1) is 12.9. The van der Waals surface area contributed by atoms with Crippen LogP contribution in [0.5, 0.6) is 0 Å². The average Bonchev–Trinajstić information content (AvgIpc) is 2.29. The smallest absolute Gasteiger partial charge is 0.241 e. The molecule has 0 radical (unpaired) electrons. The van der Waals surface area contributed by atoms with Gasteiger partial charge in [-0.2, -0.15) is 5.10 Å². The molecule has 16 heavy (non-hydrogen) atoms. The number of benzene rings is 1. The molecule has 0 aliphatic rings. The van der Waals surface area contributed by atoms with E-state index in [1.807, 2.05) is 31.2 Å². The Hall–Kier alpha value is -1.20. The topological polar surface area (TPSA) is 46.0 Å². The van der Waals surface area contributed by atoms with E-state index in [1.54, 1.807) is 0 Å². The third kappa shape index (κ3) is 4.12. The van der Waals surface area contributed by atoms with E-state index >= 15 is 0 Å². The highest BCUT2D eigenvalue weighted by Crippen LogP contribution is 2.11. The summed E-state index contributed by atoms with van der Waals surface area (Å²) in [5.41, 5.74) is 0.869. The molecule has 0 amide bonds. The van der Waals surface area contributed by atoms with Crippen LogP contribution in [0, 0.1) is 0 Å². The number of nitrogens with zero attached hydrogens (tertiary/aromatic N) is 2. The lowest BCUT2D eigenvalue weighted by Crippen LogP contribution is -2.20. The fourth-order valence-electron chi connectivity index (χ4n) is 1.05. The molecule has 0 fully saturated rings. The predicted molar refractivity (Wildman–Crippen MR) is 69.9 cm³/mol. The Kier molecular flexibility index (Phi) is 5.74. The van der Waals surface area contributed by atoms with Crippen LogP contribution in [0.4, 0.5) is 0 Å². The number of hydrogen-bond donors (Lipinski definition) is 1. The fourth-order valence-corrected chi connectivity index (χ4v) is 1.31. The molecule has 0 heterocycles. The van der Waals surface area contributed by atoms with Crippen LogP contribution in [-0.4, -0.2) is 25.9 Å². The van der Waals surface area contributed by atoms with Crippen molar-refractivity contribution in [2.24, 2.45) is 10.2 Å². The predicted octanol–water partition coefficient (Wildman–Crippen LogP) is 2.39. The Labute approximate surface area is 104 Å². The molecule has 0 unspecified atom stereocenters. The number of halogens is 1. The van der Waals surface area contributed by atoms with E-state index < -0.39 is 0 Å². The summed E-state index contributed by atoms with van der Waals surface area (Å²) in [6.45, 7) is 6.58. The van der Waals surface area contributed by atoms with Crippen molar-refractivity contribution in [2.45, 2.75) is 6.92 Å². The van der Waals surface area contributed by atoms with E-state index in [2.05, 4.69) is 38.2 Å². The second-order valence-corrected chi connectivity index (χ2v) is 3.86. The van der Waals surface area contributed by atoms with Gasteiger partial charge in [0.15, 0.2) is 0 Å². The van der Waals surface area contributed by atoms with Crippen molar-refractivity contribution >= 4 is 28.5 Å². The van der Waals surface area contributed by atoms with Gasteiger partial charge < -0.3 is 4.74 Å². The van der Waals surface area contributed by atoms with E-state index in [1.165, 1.54) is 0 Å². The first-order valence-corrected chi connectivity index (χ1v) is 5.70. The molecule has 1 aromatic carbocycles. The zero-order chi connectivity index (χ0) is 11.8. The van der Waals surface area contributed by atoms with Crippen molar-refractivity contribution in [3.63, 3.8) is 0 Å². The summed E-state index contributed by atoms with van der Waals surface area (Å²) in [6.07, 6.45) is 0. The molecule has 0 saturated carbocycles. The first-order valence-electron chi connectivity index (χ1n) is 4.91. The van der Waals surface area contributed by atoms with Crippen LogP contribution in [-0.2, 0) is 4.74 Å². The molecular weight excluding hydrogens is 270 g/mol. The van der Waals surface area contributed by atoms with Crippen LogP contribution < -0.4 is 5.32 Å². The molecule has 86 valence electrons. The Bertz CT molecular complexity index is 362. The minimum Gasteiger partial charge on any atom is -0.460 e. The van der Waals surface area contributed by atoms with Gasteiger partial charge in [0.2, 0.25) is 5.90 Å².